The van der Waals surface area contributed by atoms with Crippen molar-refractivity contribution in [3.05, 3.63) is 35.9 Å². The van der Waals surface area contributed by atoms with Gasteiger partial charge >= 0.3 is 0 Å². The Labute approximate surface area is 119 Å². The first-order valence-electron chi connectivity index (χ1n) is 7.33. The molecule has 2 fully saturated rings. The van der Waals surface area contributed by atoms with Crippen LogP contribution in [0.3, 0.4) is 0 Å². The second kappa shape index (κ2) is 5.91. The van der Waals surface area contributed by atoms with E-state index in [1.54, 1.807) is 0 Å². The van der Waals surface area contributed by atoms with E-state index in [4.69, 9.17) is 5.73 Å². The Bertz CT molecular complexity index is 456. The number of nitrogens with one attached hydrogen (secondary N) is 2. The van der Waals surface area contributed by atoms with Crippen LogP contribution < -0.4 is 16.6 Å². The smallest absolute Gasteiger partial charge is 0.229 e. The number of hydrogen-bond acceptors (Lipinski definition) is 4. The fourth-order valence-electron chi connectivity index (χ4n) is 3.06. The van der Waals surface area contributed by atoms with Crippen molar-refractivity contribution in [2.24, 2.45) is 11.7 Å². The van der Waals surface area contributed by atoms with Gasteiger partial charge in [0.1, 0.15) is 0 Å². The van der Waals surface area contributed by atoms with E-state index in [0.717, 1.165) is 31.5 Å². The first-order chi connectivity index (χ1) is 9.75. The summed E-state index contributed by atoms with van der Waals surface area (Å²) in [6.07, 6.45) is 1.82. The average Bonchev–Trinajstić information content (AvgIpc) is 2.97. The van der Waals surface area contributed by atoms with Crippen molar-refractivity contribution in [2.75, 3.05) is 19.6 Å². The number of likely N-dealkylation sites (tertiary alicyclic amines) is 1. The number of rotatable bonds is 2. The molecule has 0 aromatic heterocycles. The van der Waals surface area contributed by atoms with Gasteiger partial charge in [0, 0.05) is 25.7 Å². The highest BCUT2D eigenvalue weighted by Gasteiger charge is 2.37. The summed E-state index contributed by atoms with van der Waals surface area (Å²) in [6, 6.07) is 10.5. The summed E-state index contributed by atoms with van der Waals surface area (Å²) in [5.41, 5.74) is 13.4. The molecule has 0 saturated carbocycles. The van der Waals surface area contributed by atoms with Crippen LogP contribution in [0.15, 0.2) is 30.3 Å². The van der Waals surface area contributed by atoms with Crippen molar-refractivity contribution in [2.45, 2.75) is 24.9 Å². The number of piperidine rings is 1. The summed E-state index contributed by atoms with van der Waals surface area (Å²) in [6.45, 7) is 2.26. The molecule has 0 bridgehead atoms. The zero-order chi connectivity index (χ0) is 13.9. The Morgan fingerprint density at radius 3 is 2.60 bits per heavy atom. The van der Waals surface area contributed by atoms with Gasteiger partial charge in [0.2, 0.25) is 5.91 Å². The van der Waals surface area contributed by atoms with Crippen molar-refractivity contribution in [3.8, 4) is 0 Å². The van der Waals surface area contributed by atoms with Crippen LogP contribution in [0.4, 0.5) is 0 Å². The second-order valence-corrected chi connectivity index (χ2v) is 5.68. The van der Waals surface area contributed by atoms with Crippen molar-refractivity contribution in [1.29, 1.82) is 0 Å². The number of carbonyl (C=O) groups is 1. The highest BCUT2D eigenvalue weighted by Crippen LogP contribution is 2.27. The van der Waals surface area contributed by atoms with Crippen LogP contribution in [0.1, 0.15) is 24.4 Å². The van der Waals surface area contributed by atoms with Crippen LogP contribution in [-0.2, 0) is 4.79 Å². The van der Waals surface area contributed by atoms with Gasteiger partial charge in [-0.05, 0) is 18.4 Å². The molecule has 2 saturated heterocycles. The molecule has 2 heterocycles. The van der Waals surface area contributed by atoms with E-state index in [-0.39, 0.29) is 23.9 Å². The minimum atomic E-state index is -0.0354. The molecular formula is C15H22N4O. The first-order valence-corrected chi connectivity index (χ1v) is 7.33. The van der Waals surface area contributed by atoms with Gasteiger partial charge in [-0.2, -0.15) is 0 Å². The molecule has 1 aromatic rings. The van der Waals surface area contributed by atoms with Gasteiger partial charge in [-0.25, -0.2) is 5.43 Å². The van der Waals surface area contributed by atoms with Crippen LogP contribution in [0, 0.1) is 5.92 Å². The summed E-state index contributed by atoms with van der Waals surface area (Å²) in [5.74, 6) is 0.204. The lowest BCUT2D eigenvalue weighted by Crippen LogP contribution is -2.46. The molecule has 5 heteroatoms. The molecule has 5 nitrogen and oxygen atoms in total. The fourth-order valence-corrected chi connectivity index (χ4v) is 3.06. The highest BCUT2D eigenvalue weighted by atomic mass is 16.2. The third kappa shape index (κ3) is 2.70. The normalized spacial score (nSPS) is 27.8. The number of nitrogens with zero attached hydrogens (tertiary/aromatic N) is 1. The Hall–Kier alpha value is -1.43. The van der Waals surface area contributed by atoms with Crippen molar-refractivity contribution < 1.29 is 4.79 Å². The van der Waals surface area contributed by atoms with E-state index < -0.39 is 0 Å². The molecule has 2 unspecified atom stereocenters. The Balaban J connectivity index is 1.70. The van der Waals surface area contributed by atoms with Gasteiger partial charge in [-0.1, -0.05) is 30.3 Å². The van der Waals surface area contributed by atoms with Gasteiger partial charge in [0.15, 0.2) is 0 Å². The van der Waals surface area contributed by atoms with Gasteiger partial charge < -0.3 is 10.6 Å². The molecule has 2 aliphatic rings. The van der Waals surface area contributed by atoms with Gasteiger partial charge in [-0.3, -0.25) is 10.2 Å². The summed E-state index contributed by atoms with van der Waals surface area (Å²) < 4.78 is 0. The lowest BCUT2D eigenvalue weighted by atomic mass is 9.92. The largest absolute Gasteiger partial charge is 0.342 e. The lowest BCUT2D eigenvalue weighted by molar-refractivity contribution is -0.136. The summed E-state index contributed by atoms with van der Waals surface area (Å²) in [4.78, 5) is 14.7. The average molecular weight is 274 g/mol. The summed E-state index contributed by atoms with van der Waals surface area (Å²) in [5, 5.41) is 0. The fraction of sp³-hybridized carbons (Fsp3) is 0.533. The van der Waals surface area contributed by atoms with E-state index >= 15 is 0 Å². The van der Waals surface area contributed by atoms with E-state index in [1.165, 1.54) is 0 Å². The molecule has 20 heavy (non-hydrogen) atoms. The summed E-state index contributed by atoms with van der Waals surface area (Å²) >= 11 is 0. The van der Waals surface area contributed by atoms with E-state index in [2.05, 4.69) is 23.0 Å². The molecule has 4 N–H and O–H groups in total. The standard InChI is InChI=1S/C15H22N4O/c16-12-6-8-19(9-7-12)15(20)13-10-17-18-14(13)11-4-2-1-3-5-11/h1-5,12-14,17-18H,6-10,16H2. The molecule has 1 amide bonds. The zero-order valence-electron chi connectivity index (χ0n) is 11.6. The minimum absolute atomic E-state index is 0.0354. The van der Waals surface area contributed by atoms with Crippen molar-refractivity contribution >= 4 is 5.91 Å². The van der Waals surface area contributed by atoms with E-state index in [9.17, 15) is 4.79 Å². The molecule has 0 aliphatic carbocycles. The van der Waals surface area contributed by atoms with Crippen molar-refractivity contribution in [3.63, 3.8) is 0 Å². The lowest BCUT2D eigenvalue weighted by Gasteiger charge is -2.33. The molecule has 3 rings (SSSR count). The number of benzene rings is 1. The second-order valence-electron chi connectivity index (χ2n) is 5.68. The topological polar surface area (TPSA) is 70.4 Å². The molecule has 1 aromatic carbocycles. The Morgan fingerprint density at radius 2 is 1.90 bits per heavy atom. The van der Waals surface area contributed by atoms with E-state index in [1.807, 2.05) is 23.1 Å². The van der Waals surface area contributed by atoms with Crippen LogP contribution in [0.25, 0.3) is 0 Å². The predicted molar refractivity (Wildman–Crippen MR) is 77.6 cm³/mol. The van der Waals surface area contributed by atoms with Gasteiger partial charge in [-0.15, -0.1) is 0 Å². The SMILES string of the molecule is NC1CCN(C(=O)C2CNNC2c2ccccc2)CC1. The van der Waals surface area contributed by atoms with Crippen LogP contribution >= 0.6 is 0 Å². The molecule has 2 atom stereocenters. The first kappa shape index (κ1) is 13.5. The number of carbonyl (C=O) groups excluding carboxylic acids is 1. The molecule has 0 radical (unpaired) electrons. The zero-order valence-corrected chi connectivity index (χ0v) is 11.6. The Kier molecular flexibility index (Phi) is 4.00. The Morgan fingerprint density at radius 1 is 1.20 bits per heavy atom. The molecule has 108 valence electrons. The van der Waals surface area contributed by atoms with Gasteiger partial charge in [0.05, 0.1) is 12.0 Å². The minimum Gasteiger partial charge on any atom is -0.342 e. The van der Waals surface area contributed by atoms with Crippen LogP contribution in [0.5, 0.6) is 0 Å². The van der Waals surface area contributed by atoms with Crippen molar-refractivity contribution in [1.82, 2.24) is 15.8 Å². The maximum absolute atomic E-state index is 12.7. The van der Waals surface area contributed by atoms with Crippen LogP contribution in [-0.4, -0.2) is 36.5 Å². The predicted octanol–water partition coefficient (Wildman–Crippen LogP) is 0.401. The van der Waals surface area contributed by atoms with E-state index in [0.29, 0.717) is 6.54 Å². The number of hydrazine groups is 1. The quantitative estimate of drug-likeness (QED) is 0.730. The number of amides is 1. The third-order valence-electron chi connectivity index (χ3n) is 4.31. The molecule has 2 aliphatic heterocycles. The monoisotopic (exact) mass is 274 g/mol. The maximum atomic E-state index is 12.7. The third-order valence-corrected chi connectivity index (χ3v) is 4.31. The summed E-state index contributed by atoms with van der Waals surface area (Å²) in [7, 11) is 0. The number of nitrogens with two attached hydrogens (primary N) is 1. The molecular weight excluding hydrogens is 252 g/mol. The van der Waals surface area contributed by atoms with Gasteiger partial charge in [0.25, 0.3) is 0 Å². The molecule has 0 spiro atoms. The van der Waals surface area contributed by atoms with Crippen LogP contribution in [0.2, 0.25) is 0 Å². The maximum Gasteiger partial charge on any atom is 0.229 e. The highest BCUT2D eigenvalue weighted by molar-refractivity contribution is 5.80. The number of hydrogen-bond donors (Lipinski definition) is 3.